The zero-order valence-electron chi connectivity index (χ0n) is 16.5. The van der Waals surface area contributed by atoms with Crippen molar-refractivity contribution in [3.8, 4) is 0 Å². The minimum Gasteiger partial charge on any atom is -0.352 e. The van der Waals surface area contributed by atoms with E-state index < -0.39 is 17.5 Å². The topological polar surface area (TPSA) is 87.3 Å². The number of anilines is 1. The van der Waals surface area contributed by atoms with Crippen molar-refractivity contribution in [3.63, 3.8) is 0 Å². The first kappa shape index (κ1) is 23.3. The minimum absolute atomic E-state index is 0.0372. The Bertz CT molecular complexity index is 951. The van der Waals surface area contributed by atoms with Gasteiger partial charge in [-0.25, -0.2) is 8.78 Å². The van der Waals surface area contributed by atoms with Gasteiger partial charge in [0.05, 0.1) is 16.3 Å². The van der Waals surface area contributed by atoms with Crippen LogP contribution in [0.2, 0.25) is 5.02 Å². The molecule has 2 aromatic carbocycles. The first-order valence-corrected chi connectivity index (χ1v) is 9.68. The molecule has 0 spiro atoms. The maximum atomic E-state index is 13.6. The fraction of sp³-hybridized carbons (Fsp3) is 0.286. The van der Waals surface area contributed by atoms with E-state index in [0.29, 0.717) is 17.3 Å². The largest absolute Gasteiger partial charge is 0.352 e. The molecule has 3 N–H and O–H groups in total. The summed E-state index contributed by atoms with van der Waals surface area (Å²) in [4.78, 5) is 36.1. The molecule has 0 fully saturated rings. The zero-order valence-corrected chi connectivity index (χ0v) is 17.3. The molecule has 0 radical (unpaired) electrons. The lowest BCUT2D eigenvalue weighted by atomic mass is 10.1. The van der Waals surface area contributed by atoms with Crippen LogP contribution in [0.1, 0.15) is 47.4 Å². The Balaban J connectivity index is 1.84. The quantitative estimate of drug-likeness (QED) is 0.547. The molecule has 0 aliphatic heterocycles. The molecule has 0 saturated carbocycles. The molecule has 0 aromatic heterocycles. The molecule has 6 nitrogen and oxygen atoms in total. The van der Waals surface area contributed by atoms with Gasteiger partial charge in [0.15, 0.2) is 0 Å². The Morgan fingerprint density at radius 1 is 1.03 bits per heavy atom. The van der Waals surface area contributed by atoms with Crippen molar-refractivity contribution in [1.82, 2.24) is 10.6 Å². The lowest BCUT2D eigenvalue weighted by Gasteiger charge is -2.12. The van der Waals surface area contributed by atoms with Crippen molar-refractivity contribution < 1.29 is 23.2 Å². The van der Waals surface area contributed by atoms with Crippen LogP contribution < -0.4 is 16.0 Å². The molecule has 0 aliphatic rings. The van der Waals surface area contributed by atoms with Crippen LogP contribution in [0.4, 0.5) is 14.5 Å². The van der Waals surface area contributed by atoms with Gasteiger partial charge in [0.2, 0.25) is 5.91 Å². The summed E-state index contributed by atoms with van der Waals surface area (Å²) in [5, 5.41) is 8.13. The van der Waals surface area contributed by atoms with Crippen molar-refractivity contribution in [2.45, 2.75) is 32.7 Å². The van der Waals surface area contributed by atoms with E-state index in [1.54, 1.807) is 6.07 Å². The smallest absolute Gasteiger partial charge is 0.254 e. The average Bonchev–Trinajstić information content (AvgIpc) is 2.66. The van der Waals surface area contributed by atoms with Crippen LogP contribution >= 0.6 is 11.6 Å². The first-order valence-electron chi connectivity index (χ1n) is 9.31. The van der Waals surface area contributed by atoms with Crippen LogP contribution in [0.15, 0.2) is 36.4 Å². The number of amides is 3. The summed E-state index contributed by atoms with van der Waals surface area (Å²) in [6.45, 7) is 3.78. The standard InChI is InChI=1S/C21H22ClF2N3O3/c1-12(2)26-20(29)13-5-8-16(22)18(10-13)27-19(28)4-3-9-25-21(30)15-7-6-14(23)11-17(15)24/h5-8,10-12H,3-4,9H2,1-2H3,(H,25,30)(H,26,29)(H,27,28). The summed E-state index contributed by atoms with van der Waals surface area (Å²) in [5.74, 6) is -3.07. The highest BCUT2D eigenvalue weighted by atomic mass is 35.5. The van der Waals surface area contributed by atoms with Gasteiger partial charge in [0.1, 0.15) is 11.6 Å². The maximum absolute atomic E-state index is 13.6. The van der Waals surface area contributed by atoms with Gasteiger partial charge in [0, 0.05) is 30.6 Å². The van der Waals surface area contributed by atoms with Crippen molar-refractivity contribution in [2.75, 3.05) is 11.9 Å². The number of carbonyl (C=O) groups excluding carboxylic acids is 3. The highest BCUT2D eigenvalue weighted by Gasteiger charge is 2.14. The normalized spacial score (nSPS) is 10.6. The number of hydrogen-bond donors (Lipinski definition) is 3. The highest BCUT2D eigenvalue weighted by molar-refractivity contribution is 6.33. The molecular weight excluding hydrogens is 416 g/mol. The molecule has 160 valence electrons. The summed E-state index contributed by atoms with van der Waals surface area (Å²) in [7, 11) is 0. The fourth-order valence-corrected chi connectivity index (χ4v) is 2.71. The zero-order chi connectivity index (χ0) is 22.3. The van der Waals surface area contributed by atoms with Crippen LogP contribution in [-0.4, -0.2) is 30.3 Å². The van der Waals surface area contributed by atoms with Gasteiger partial charge in [-0.05, 0) is 50.6 Å². The Kier molecular flexibility index (Phi) is 8.29. The van der Waals surface area contributed by atoms with Crippen molar-refractivity contribution in [2.24, 2.45) is 0 Å². The number of nitrogens with one attached hydrogen (secondary N) is 3. The lowest BCUT2D eigenvalue weighted by molar-refractivity contribution is -0.116. The number of benzene rings is 2. The molecule has 0 bridgehead atoms. The lowest BCUT2D eigenvalue weighted by Crippen LogP contribution is -2.30. The van der Waals surface area contributed by atoms with Gasteiger partial charge in [-0.3, -0.25) is 14.4 Å². The number of halogens is 3. The van der Waals surface area contributed by atoms with Gasteiger partial charge < -0.3 is 16.0 Å². The van der Waals surface area contributed by atoms with E-state index in [4.69, 9.17) is 11.6 Å². The molecule has 0 unspecified atom stereocenters. The third kappa shape index (κ3) is 6.81. The van der Waals surface area contributed by atoms with Crippen LogP contribution in [0.5, 0.6) is 0 Å². The van der Waals surface area contributed by atoms with Crippen LogP contribution in [-0.2, 0) is 4.79 Å². The van der Waals surface area contributed by atoms with Gasteiger partial charge in [0.25, 0.3) is 11.8 Å². The van der Waals surface area contributed by atoms with Crippen molar-refractivity contribution >= 4 is 35.0 Å². The first-order chi connectivity index (χ1) is 14.2. The van der Waals surface area contributed by atoms with Crippen molar-refractivity contribution in [1.29, 1.82) is 0 Å². The van der Waals surface area contributed by atoms with Gasteiger partial charge in [-0.1, -0.05) is 11.6 Å². The third-order valence-electron chi connectivity index (χ3n) is 3.96. The molecule has 0 aliphatic carbocycles. The second kappa shape index (κ2) is 10.7. The molecule has 0 atom stereocenters. The summed E-state index contributed by atoms with van der Waals surface area (Å²) in [6, 6.07) is 7.19. The molecule has 2 aromatic rings. The van der Waals surface area contributed by atoms with E-state index in [-0.39, 0.29) is 47.8 Å². The third-order valence-corrected chi connectivity index (χ3v) is 4.29. The van der Waals surface area contributed by atoms with Gasteiger partial charge in [-0.15, -0.1) is 0 Å². The summed E-state index contributed by atoms with van der Waals surface area (Å²) in [5.41, 5.74) is 0.386. The average molecular weight is 438 g/mol. The molecule has 0 heterocycles. The molecule has 30 heavy (non-hydrogen) atoms. The van der Waals surface area contributed by atoms with E-state index in [1.165, 1.54) is 12.1 Å². The second-order valence-corrected chi connectivity index (χ2v) is 7.26. The van der Waals surface area contributed by atoms with E-state index >= 15 is 0 Å². The van der Waals surface area contributed by atoms with E-state index in [0.717, 1.165) is 12.1 Å². The second-order valence-electron chi connectivity index (χ2n) is 6.85. The monoisotopic (exact) mass is 437 g/mol. The Morgan fingerprint density at radius 2 is 1.77 bits per heavy atom. The predicted molar refractivity (Wildman–Crippen MR) is 111 cm³/mol. The molecule has 0 saturated heterocycles. The van der Waals surface area contributed by atoms with Crippen LogP contribution in [0.3, 0.4) is 0 Å². The molecule has 3 amide bonds. The number of rotatable bonds is 8. The fourth-order valence-electron chi connectivity index (χ4n) is 2.54. The van der Waals surface area contributed by atoms with E-state index in [1.807, 2.05) is 13.8 Å². The van der Waals surface area contributed by atoms with Gasteiger partial charge in [-0.2, -0.15) is 0 Å². The van der Waals surface area contributed by atoms with Crippen LogP contribution in [0.25, 0.3) is 0 Å². The SMILES string of the molecule is CC(C)NC(=O)c1ccc(Cl)c(NC(=O)CCCNC(=O)c2ccc(F)cc2F)c1. The van der Waals surface area contributed by atoms with E-state index in [2.05, 4.69) is 16.0 Å². The Labute approximate surface area is 178 Å². The number of carbonyl (C=O) groups is 3. The summed E-state index contributed by atoms with van der Waals surface area (Å²) in [6.07, 6.45) is 0.344. The highest BCUT2D eigenvalue weighted by Crippen LogP contribution is 2.23. The maximum Gasteiger partial charge on any atom is 0.254 e. The van der Waals surface area contributed by atoms with Crippen molar-refractivity contribution in [3.05, 3.63) is 64.2 Å². The Morgan fingerprint density at radius 3 is 2.43 bits per heavy atom. The molecular formula is C21H22ClF2N3O3. The van der Waals surface area contributed by atoms with Crippen LogP contribution in [0, 0.1) is 11.6 Å². The summed E-state index contributed by atoms with van der Waals surface area (Å²) < 4.78 is 26.5. The minimum atomic E-state index is -0.957. The Hall–Kier alpha value is -3.00. The number of hydrogen-bond acceptors (Lipinski definition) is 3. The van der Waals surface area contributed by atoms with E-state index in [9.17, 15) is 23.2 Å². The summed E-state index contributed by atoms with van der Waals surface area (Å²) >= 11 is 6.08. The molecule has 2 rings (SSSR count). The molecule has 9 heteroatoms. The van der Waals surface area contributed by atoms with Gasteiger partial charge >= 0.3 is 0 Å². The predicted octanol–water partition coefficient (Wildman–Crippen LogP) is 3.91.